The Kier molecular flexibility index (Phi) is 8.38. The monoisotopic (exact) mass is 581 g/mol. The summed E-state index contributed by atoms with van der Waals surface area (Å²) in [7, 11) is 0. The third-order valence-electron chi connectivity index (χ3n) is 7.28. The van der Waals surface area contributed by atoms with Crippen LogP contribution in [0.5, 0.6) is 0 Å². The molecule has 5 nitrogen and oxygen atoms in total. The first-order valence-corrected chi connectivity index (χ1v) is 15.1. The Balaban J connectivity index is 1.23. The molecule has 0 aliphatic carbocycles. The van der Waals surface area contributed by atoms with Crippen molar-refractivity contribution < 1.29 is 9.59 Å². The normalized spacial score (nSPS) is 12.0. The van der Waals surface area contributed by atoms with Crippen LogP contribution in [0.2, 0.25) is 0 Å². The van der Waals surface area contributed by atoms with Crippen LogP contribution in [0, 0.1) is 0 Å². The largest absolute Gasteiger partial charge is 0.341 e. The topological polar surface area (TPSA) is 63.1 Å². The molecule has 6 rings (SSSR count). The highest BCUT2D eigenvalue weighted by Crippen LogP contribution is 2.38. The maximum atomic E-state index is 13.8. The number of aromatic nitrogens is 1. The number of carbonyl (C=O) groups is 2. The molecule has 1 atom stereocenters. The van der Waals surface area contributed by atoms with Crippen LogP contribution in [0.3, 0.4) is 0 Å². The van der Waals surface area contributed by atoms with E-state index >= 15 is 0 Å². The van der Waals surface area contributed by atoms with Gasteiger partial charge in [0.15, 0.2) is 0 Å². The molecule has 0 saturated heterocycles. The van der Waals surface area contributed by atoms with Crippen molar-refractivity contribution in [1.29, 1.82) is 0 Å². The molecule has 5 aromatic carbocycles. The van der Waals surface area contributed by atoms with Crippen molar-refractivity contribution in [2.45, 2.75) is 23.6 Å². The summed E-state index contributed by atoms with van der Waals surface area (Å²) in [4.78, 5) is 27.3. The first-order chi connectivity index (χ1) is 21.1. The van der Waals surface area contributed by atoms with Crippen LogP contribution in [0.15, 0.2) is 138 Å². The van der Waals surface area contributed by atoms with Gasteiger partial charge in [-0.15, -0.1) is 11.8 Å². The van der Waals surface area contributed by atoms with Crippen molar-refractivity contribution in [3.8, 4) is 0 Å². The third kappa shape index (κ3) is 6.40. The van der Waals surface area contributed by atoms with Gasteiger partial charge in [0.25, 0.3) is 0 Å². The van der Waals surface area contributed by atoms with E-state index < -0.39 is 5.25 Å². The number of nitrogens with zero attached hydrogens (tertiary/aromatic N) is 1. The van der Waals surface area contributed by atoms with Gasteiger partial charge < -0.3 is 15.2 Å². The van der Waals surface area contributed by atoms with Gasteiger partial charge in [0.2, 0.25) is 11.8 Å². The van der Waals surface area contributed by atoms with Gasteiger partial charge in [-0.2, -0.15) is 0 Å². The van der Waals surface area contributed by atoms with Crippen molar-refractivity contribution in [3.63, 3.8) is 0 Å². The number of nitrogens with one attached hydrogen (secondary N) is 2. The summed E-state index contributed by atoms with van der Waals surface area (Å²) in [5.74, 6) is -0.335. The van der Waals surface area contributed by atoms with E-state index in [4.69, 9.17) is 0 Å². The molecule has 212 valence electrons. The Labute approximate surface area is 255 Å². The minimum atomic E-state index is -0.502. The van der Waals surface area contributed by atoms with E-state index in [1.54, 1.807) is 6.08 Å². The van der Waals surface area contributed by atoms with Gasteiger partial charge in [-0.1, -0.05) is 84.9 Å². The lowest BCUT2D eigenvalue weighted by molar-refractivity contribution is -0.116. The molecule has 1 unspecified atom stereocenters. The van der Waals surface area contributed by atoms with Crippen LogP contribution in [0.1, 0.15) is 23.3 Å². The van der Waals surface area contributed by atoms with Gasteiger partial charge in [-0.25, -0.2) is 0 Å². The number of anilines is 2. The summed E-state index contributed by atoms with van der Waals surface area (Å²) >= 11 is 1.45. The van der Waals surface area contributed by atoms with Gasteiger partial charge in [0.1, 0.15) is 5.25 Å². The fraction of sp³-hybridized carbons (Fsp3) is 0.0811. The Hall–Kier alpha value is -5.07. The molecule has 0 radical (unpaired) electrons. The highest BCUT2D eigenvalue weighted by Gasteiger charge is 2.23. The predicted molar refractivity (Wildman–Crippen MR) is 179 cm³/mol. The van der Waals surface area contributed by atoms with Crippen LogP contribution < -0.4 is 10.6 Å². The number of hydrogen-bond acceptors (Lipinski definition) is 3. The number of hydrogen-bond donors (Lipinski definition) is 2. The molecule has 43 heavy (non-hydrogen) atoms. The van der Waals surface area contributed by atoms with E-state index in [2.05, 4.69) is 52.5 Å². The molecule has 0 aliphatic heterocycles. The Morgan fingerprint density at radius 1 is 0.721 bits per heavy atom. The van der Waals surface area contributed by atoms with Gasteiger partial charge in [-0.05, 0) is 66.6 Å². The molecular formula is C37H31N3O2S. The third-order valence-corrected chi connectivity index (χ3v) is 8.53. The molecule has 6 heteroatoms. The van der Waals surface area contributed by atoms with Crippen LogP contribution in [0.25, 0.3) is 27.9 Å². The molecule has 2 amide bonds. The number of benzene rings is 5. The lowest BCUT2D eigenvalue weighted by Crippen LogP contribution is -2.19. The average molecular weight is 582 g/mol. The zero-order valence-electron chi connectivity index (χ0n) is 23.7. The van der Waals surface area contributed by atoms with Crippen molar-refractivity contribution in [2.24, 2.45) is 0 Å². The molecule has 2 N–H and O–H groups in total. The smallest absolute Gasteiger partial charge is 0.248 e. The van der Waals surface area contributed by atoms with Gasteiger partial charge in [0, 0.05) is 50.7 Å². The van der Waals surface area contributed by atoms with E-state index in [0.29, 0.717) is 5.69 Å². The zero-order valence-corrected chi connectivity index (χ0v) is 24.6. The molecular weight excluding hydrogens is 550 g/mol. The fourth-order valence-corrected chi connectivity index (χ4v) is 6.37. The van der Waals surface area contributed by atoms with E-state index in [9.17, 15) is 9.59 Å². The second-order valence-corrected chi connectivity index (χ2v) is 11.3. The molecule has 6 aromatic rings. The lowest BCUT2D eigenvalue weighted by Gasteiger charge is -2.18. The number of thioether (sulfide) groups is 1. The minimum absolute atomic E-state index is 0.116. The molecule has 1 heterocycles. The summed E-state index contributed by atoms with van der Waals surface area (Å²) in [5, 5.41) is 7.89. The molecule has 0 bridgehead atoms. The van der Waals surface area contributed by atoms with E-state index in [-0.39, 0.29) is 11.8 Å². The van der Waals surface area contributed by atoms with E-state index in [0.717, 1.165) is 39.2 Å². The second-order valence-electron chi connectivity index (χ2n) is 10.2. The van der Waals surface area contributed by atoms with Crippen LogP contribution in [0.4, 0.5) is 11.4 Å². The highest BCUT2D eigenvalue weighted by molar-refractivity contribution is 8.00. The molecule has 0 saturated carbocycles. The summed E-state index contributed by atoms with van der Waals surface area (Å²) < 4.78 is 2.29. The molecule has 0 aliphatic rings. The van der Waals surface area contributed by atoms with Crippen LogP contribution in [-0.4, -0.2) is 16.4 Å². The standard InChI is InChI=1S/C37H31N3O2S/c1-2-40-33-19-10-9-18-31(33)32-25-29(21-22-34(32)40)39-37(42)36(27-14-7-4-8-15-27)43-30-17-11-16-28(24-30)38-35(41)23-20-26-12-5-3-6-13-26/h3-25,36H,2H2,1H3,(H,38,41)(H,39,42)/b23-20+. The van der Waals surface area contributed by atoms with E-state index in [1.165, 1.54) is 28.7 Å². The molecule has 0 spiro atoms. The minimum Gasteiger partial charge on any atom is -0.341 e. The van der Waals surface area contributed by atoms with Crippen LogP contribution >= 0.6 is 11.8 Å². The summed E-state index contributed by atoms with van der Waals surface area (Å²) in [6.07, 6.45) is 3.30. The van der Waals surface area contributed by atoms with Crippen LogP contribution in [-0.2, 0) is 16.1 Å². The number of carbonyl (C=O) groups excluding carboxylic acids is 2. The van der Waals surface area contributed by atoms with Crippen molar-refractivity contribution in [2.75, 3.05) is 10.6 Å². The molecule has 1 aromatic heterocycles. The number of aryl methyl sites for hydroxylation is 1. The maximum absolute atomic E-state index is 13.8. The Morgan fingerprint density at radius 2 is 1.42 bits per heavy atom. The summed E-state index contributed by atoms with van der Waals surface area (Å²) in [6.45, 7) is 3.01. The Bertz CT molecular complexity index is 1930. The lowest BCUT2D eigenvalue weighted by atomic mass is 10.1. The van der Waals surface area contributed by atoms with E-state index in [1.807, 2.05) is 97.1 Å². The maximum Gasteiger partial charge on any atom is 0.248 e. The second kappa shape index (κ2) is 12.8. The predicted octanol–water partition coefficient (Wildman–Crippen LogP) is 8.94. The quantitative estimate of drug-likeness (QED) is 0.132. The number of para-hydroxylation sites is 1. The highest BCUT2D eigenvalue weighted by atomic mass is 32.2. The SMILES string of the molecule is CCn1c2ccccc2c2cc(NC(=O)C(Sc3cccc(NC(=O)/C=C/c4ccccc4)c3)c3ccccc3)ccc21. The van der Waals surface area contributed by atoms with Gasteiger partial charge >= 0.3 is 0 Å². The fourth-order valence-electron chi connectivity index (χ4n) is 5.28. The van der Waals surface area contributed by atoms with Gasteiger partial charge in [0.05, 0.1) is 0 Å². The van der Waals surface area contributed by atoms with Gasteiger partial charge in [-0.3, -0.25) is 9.59 Å². The molecule has 0 fully saturated rings. The van der Waals surface area contributed by atoms with Crippen molar-refractivity contribution in [1.82, 2.24) is 4.57 Å². The van der Waals surface area contributed by atoms with Crippen molar-refractivity contribution >= 4 is 62.8 Å². The number of rotatable bonds is 9. The average Bonchev–Trinajstić information content (AvgIpc) is 3.36. The Morgan fingerprint density at radius 3 is 2.21 bits per heavy atom. The first kappa shape index (κ1) is 28.1. The summed E-state index contributed by atoms with van der Waals surface area (Å²) in [6, 6.07) is 41.5. The van der Waals surface area contributed by atoms with Crippen molar-refractivity contribution in [3.05, 3.63) is 145 Å². The number of fused-ring (bicyclic) bond motifs is 3. The summed E-state index contributed by atoms with van der Waals surface area (Å²) in [5.41, 5.74) is 5.60. The first-order valence-electron chi connectivity index (χ1n) is 14.3. The zero-order chi connectivity index (χ0) is 29.6. The number of amides is 2.